The van der Waals surface area contributed by atoms with Gasteiger partial charge in [0.25, 0.3) is 5.69 Å². The van der Waals surface area contributed by atoms with E-state index in [-0.39, 0.29) is 28.5 Å². The molecule has 35 heavy (non-hydrogen) atoms. The van der Waals surface area contributed by atoms with Crippen LogP contribution in [0.2, 0.25) is 0 Å². The molecule has 0 aliphatic carbocycles. The molecule has 0 aliphatic rings. The zero-order valence-corrected chi connectivity index (χ0v) is 18.2. The quantitative estimate of drug-likeness (QED) is 0.120. The summed E-state index contributed by atoms with van der Waals surface area (Å²) in [6.45, 7) is 0. The Morgan fingerprint density at radius 3 is 2.23 bits per heavy atom. The Kier molecular flexibility index (Phi) is 7.88. The van der Waals surface area contributed by atoms with Crippen LogP contribution in [0.3, 0.4) is 0 Å². The Morgan fingerprint density at radius 2 is 1.63 bits per heavy atom. The highest BCUT2D eigenvalue weighted by Gasteiger charge is 2.24. The lowest BCUT2D eigenvalue weighted by molar-refractivity contribution is -0.384. The first-order valence-corrected chi connectivity index (χ1v) is 9.75. The Bertz CT molecular complexity index is 1320. The second kappa shape index (κ2) is 11.2. The average molecular weight is 475 g/mol. The van der Waals surface area contributed by atoms with Crippen LogP contribution in [-0.2, 0) is 4.89 Å². The molecule has 1 unspecified atom stereocenters. The summed E-state index contributed by atoms with van der Waals surface area (Å²) in [4.78, 5) is 27.6. The minimum atomic E-state index is -1.11. The highest BCUT2D eigenvalue weighted by atomic mass is 17.1. The molecule has 0 spiro atoms. The smallest absolute Gasteiger partial charge is 0.347 e. The minimum Gasteiger partial charge on any atom is -0.497 e. The van der Waals surface area contributed by atoms with Crippen LogP contribution < -0.4 is 18.9 Å². The number of benzene rings is 3. The molecular formula is C25H17NO9. The lowest BCUT2D eigenvalue weighted by Gasteiger charge is -2.18. The molecule has 0 aromatic heterocycles. The monoisotopic (exact) mass is 475 g/mol. The summed E-state index contributed by atoms with van der Waals surface area (Å²) in [5, 5.41) is 20.4. The maximum atomic E-state index is 12.7. The van der Waals surface area contributed by atoms with Gasteiger partial charge in [0.15, 0.2) is 5.75 Å². The van der Waals surface area contributed by atoms with Crippen LogP contribution in [-0.4, -0.2) is 23.3 Å². The van der Waals surface area contributed by atoms with E-state index < -0.39 is 17.0 Å². The van der Waals surface area contributed by atoms with Gasteiger partial charge in [0.2, 0.25) is 0 Å². The molecule has 3 aromatic rings. The van der Waals surface area contributed by atoms with Crippen LogP contribution in [0.1, 0.15) is 27.6 Å². The number of ether oxygens (including phenoxy) is 4. The van der Waals surface area contributed by atoms with Crippen LogP contribution in [0.25, 0.3) is 0 Å². The molecule has 10 heteroatoms. The maximum absolute atomic E-state index is 12.7. The van der Waals surface area contributed by atoms with Crippen molar-refractivity contribution in [3.8, 4) is 48.1 Å². The molecule has 176 valence electrons. The predicted octanol–water partition coefficient (Wildman–Crippen LogP) is 4.34. The Hall–Kier alpha value is -5.03. The number of nitrogens with zero attached hydrogens (tertiary/aromatic N) is 1. The molecule has 3 rings (SSSR count). The van der Waals surface area contributed by atoms with Gasteiger partial charge in [-0.2, -0.15) is 0 Å². The fraction of sp³-hybridized carbons (Fsp3) is 0.0800. The molecule has 0 radical (unpaired) electrons. The SMILES string of the molecule is C#COc1cc(C(OO)c2ccc(OC)cc2OC#C)ccc1C(=O)Oc1ccc([N+](=O)[O-])cc1. The maximum Gasteiger partial charge on any atom is 0.347 e. The molecule has 1 atom stereocenters. The summed E-state index contributed by atoms with van der Waals surface area (Å²) in [5.74, 6) is -0.185. The molecule has 1 N–H and O–H groups in total. The first-order chi connectivity index (χ1) is 16.9. The second-order valence-electron chi connectivity index (χ2n) is 6.73. The Labute approximate surface area is 199 Å². The van der Waals surface area contributed by atoms with Gasteiger partial charge >= 0.3 is 5.97 Å². The highest BCUT2D eigenvalue weighted by molar-refractivity contribution is 5.94. The molecule has 0 saturated carbocycles. The standard InChI is InChI=1S/C25H17NO9/c1-4-32-22-14-16(24(35-30)20-13-11-19(31-3)15-23(20)33-5-2)6-12-21(22)25(27)34-18-9-7-17(8-10-18)26(28)29/h1-2,6-15,24,30H,3H3. The summed E-state index contributed by atoms with van der Waals surface area (Å²) >= 11 is 0. The van der Waals surface area contributed by atoms with Crippen molar-refractivity contribution < 1.29 is 38.8 Å². The molecular weight excluding hydrogens is 458 g/mol. The zero-order valence-electron chi connectivity index (χ0n) is 18.2. The molecule has 3 aromatic carbocycles. The minimum absolute atomic E-state index is 0.0448. The first-order valence-electron chi connectivity index (χ1n) is 9.75. The molecule has 10 nitrogen and oxygen atoms in total. The summed E-state index contributed by atoms with van der Waals surface area (Å²) < 4.78 is 20.8. The summed E-state index contributed by atoms with van der Waals surface area (Å²) in [7, 11) is 1.46. The fourth-order valence-corrected chi connectivity index (χ4v) is 3.12. The number of esters is 1. The third kappa shape index (κ3) is 5.67. The molecule has 0 aliphatic heterocycles. The molecule has 0 saturated heterocycles. The van der Waals surface area contributed by atoms with Gasteiger partial charge in [-0.1, -0.05) is 18.9 Å². The number of nitro groups is 1. The second-order valence-corrected chi connectivity index (χ2v) is 6.73. The number of nitro benzene ring substituents is 1. The molecule has 0 bridgehead atoms. The van der Waals surface area contributed by atoms with E-state index in [0.29, 0.717) is 16.9 Å². The van der Waals surface area contributed by atoms with Crippen molar-refractivity contribution in [2.45, 2.75) is 6.10 Å². The van der Waals surface area contributed by atoms with Gasteiger partial charge in [0, 0.05) is 23.8 Å². The number of rotatable bonds is 9. The normalized spacial score (nSPS) is 10.9. The largest absolute Gasteiger partial charge is 0.497 e. The predicted molar refractivity (Wildman–Crippen MR) is 122 cm³/mol. The van der Waals surface area contributed by atoms with Crippen LogP contribution in [0.4, 0.5) is 5.69 Å². The van der Waals surface area contributed by atoms with E-state index >= 15 is 0 Å². The van der Waals surface area contributed by atoms with Crippen LogP contribution in [0.5, 0.6) is 23.0 Å². The van der Waals surface area contributed by atoms with Crippen LogP contribution in [0.15, 0.2) is 60.7 Å². The summed E-state index contributed by atoms with van der Waals surface area (Å²) in [6.07, 6.45) is 13.5. The molecule has 0 amide bonds. The number of methoxy groups -OCH3 is 1. The number of carbonyl (C=O) groups is 1. The van der Waals surface area contributed by atoms with Crippen molar-refractivity contribution in [3.05, 3.63) is 87.5 Å². The highest BCUT2D eigenvalue weighted by Crippen LogP contribution is 2.37. The number of terminal acetylenes is 2. The number of hydrogen-bond donors (Lipinski definition) is 1. The van der Waals surface area contributed by atoms with Crippen LogP contribution >= 0.6 is 0 Å². The van der Waals surface area contributed by atoms with Gasteiger partial charge < -0.3 is 18.9 Å². The van der Waals surface area contributed by atoms with Gasteiger partial charge in [-0.3, -0.25) is 15.4 Å². The lowest BCUT2D eigenvalue weighted by atomic mass is 9.98. The Balaban J connectivity index is 1.95. The van der Waals surface area contributed by atoms with Crippen molar-refractivity contribution in [1.29, 1.82) is 0 Å². The number of hydrogen-bond acceptors (Lipinski definition) is 9. The van der Waals surface area contributed by atoms with E-state index in [9.17, 15) is 20.2 Å². The van der Waals surface area contributed by atoms with Gasteiger partial charge in [0.05, 0.1) is 12.0 Å². The molecule has 0 heterocycles. The first kappa shape index (κ1) is 24.6. The number of non-ortho nitro benzene ring substituents is 1. The zero-order chi connectivity index (χ0) is 25.4. The van der Waals surface area contributed by atoms with E-state index in [0.717, 1.165) is 0 Å². The van der Waals surface area contributed by atoms with Gasteiger partial charge in [-0.25, -0.2) is 9.68 Å². The lowest BCUT2D eigenvalue weighted by Crippen LogP contribution is -2.12. The average Bonchev–Trinajstić information content (AvgIpc) is 2.86. The fourth-order valence-electron chi connectivity index (χ4n) is 3.12. The van der Waals surface area contributed by atoms with Crippen molar-refractivity contribution in [3.63, 3.8) is 0 Å². The van der Waals surface area contributed by atoms with E-state index in [1.54, 1.807) is 12.1 Å². The van der Waals surface area contributed by atoms with E-state index in [1.807, 2.05) is 6.11 Å². The van der Waals surface area contributed by atoms with Gasteiger partial charge in [0.1, 0.15) is 41.1 Å². The van der Waals surface area contributed by atoms with Crippen molar-refractivity contribution >= 4 is 11.7 Å². The Morgan fingerprint density at radius 1 is 0.971 bits per heavy atom. The third-order valence-corrected chi connectivity index (χ3v) is 4.73. The van der Waals surface area contributed by atoms with Crippen molar-refractivity contribution in [2.75, 3.05) is 7.11 Å². The van der Waals surface area contributed by atoms with E-state index in [4.69, 9.17) is 31.8 Å². The van der Waals surface area contributed by atoms with E-state index in [2.05, 4.69) is 11.0 Å². The third-order valence-electron chi connectivity index (χ3n) is 4.73. The van der Waals surface area contributed by atoms with E-state index in [1.165, 1.54) is 55.6 Å². The topological polar surface area (TPSA) is 127 Å². The summed E-state index contributed by atoms with van der Waals surface area (Å²) in [6, 6.07) is 13.8. The molecule has 0 fully saturated rings. The number of carbonyl (C=O) groups excluding carboxylic acids is 1. The van der Waals surface area contributed by atoms with Crippen molar-refractivity contribution in [1.82, 2.24) is 0 Å². The van der Waals surface area contributed by atoms with Crippen LogP contribution in [0, 0.1) is 35.2 Å². The van der Waals surface area contributed by atoms with Gasteiger partial charge in [-0.05, 0) is 42.0 Å². The summed E-state index contributed by atoms with van der Waals surface area (Å²) in [5.41, 5.74) is 0.472. The van der Waals surface area contributed by atoms with Gasteiger partial charge in [-0.15, -0.1) is 0 Å². The van der Waals surface area contributed by atoms with Crippen molar-refractivity contribution in [2.24, 2.45) is 0 Å².